The van der Waals surface area contributed by atoms with Gasteiger partial charge in [0, 0.05) is 13.2 Å². The van der Waals surface area contributed by atoms with E-state index in [1.165, 1.54) is 23.9 Å². The molecule has 6 nitrogen and oxygen atoms in total. The van der Waals surface area contributed by atoms with Gasteiger partial charge in [-0.2, -0.15) is 18.3 Å². The Bertz CT molecular complexity index is 630. The van der Waals surface area contributed by atoms with Crippen molar-refractivity contribution in [3.05, 3.63) is 23.7 Å². The number of carbonyl (C=O) groups excluding carboxylic acids is 1. The van der Waals surface area contributed by atoms with Crippen LogP contribution in [0.15, 0.2) is 16.7 Å². The van der Waals surface area contributed by atoms with Crippen molar-refractivity contribution >= 4 is 5.97 Å². The first kappa shape index (κ1) is 14.1. The van der Waals surface area contributed by atoms with Gasteiger partial charge in [0.1, 0.15) is 5.69 Å². The quantitative estimate of drug-likeness (QED) is 0.811. The molecule has 0 amide bonds. The highest BCUT2D eigenvalue weighted by Crippen LogP contribution is 2.34. The fraction of sp³-hybridized carbons (Fsp3) is 0.364. The fourth-order valence-corrected chi connectivity index (χ4v) is 1.49. The molecule has 2 heterocycles. The maximum absolute atomic E-state index is 12.8. The summed E-state index contributed by atoms with van der Waals surface area (Å²) in [5.41, 5.74) is -1.33. The minimum absolute atomic E-state index is 0.0737. The Morgan fingerprint density at radius 2 is 2.20 bits per heavy atom. The summed E-state index contributed by atoms with van der Waals surface area (Å²) in [5, 5.41) is 3.86. The predicted molar refractivity (Wildman–Crippen MR) is 59.7 cm³/mol. The Hall–Kier alpha value is -2.32. The molecule has 0 spiro atoms. The minimum atomic E-state index is -4.82. The van der Waals surface area contributed by atoms with Crippen molar-refractivity contribution in [1.82, 2.24) is 14.8 Å². The molecule has 0 N–H and O–H groups in total. The number of hydrogen-bond donors (Lipinski definition) is 0. The van der Waals surface area contributed by atoms with E-state index in [9.17, 15) is 18.0 Å². The van der Waals surface area contributed by atoms with Crippen LogP contribution < -0.4 is 0 Å². The van der Waals surface area contributed by atoms with Gasteiger partial charge in [0.05, 0.1) is 6.61 Å². The number of alkyl halides is 3. The second-order valence-electron chi connectivity index (χ2n) is 3.79. The van der Waals surface area contributed by atoms with Crippen molar-refractivity contribution in [1.29, 1.82) is 0 Å². The summed E-state index contributed by atoms with van der Waals surface area (Å²) in [7, 11) is 1.59. The molecule has 0 aliphatic heterocycles. The largest absolute Gasteiger partial charge is 0.460 e. The Labute approximate surface area is 111 Å². The van der Waals surface area contributed by atoms with Crippen molar-refractivity contribution < 1.29 is 27.1 Å². The SMILES string of the molecule is CCOC(=O)c1oc(-c2ccn(C)n2)nc1C(F)(F)F. The zero-order valence-electron chi connectivity index (χ0n) is 10.6. The van der Waals surface area contributed by atoms with Gasteiger partial charge in [-0.05, 0) is 13.0 Å². The number of hydrogen-bond acceptors (Lipinski definition) is 5. The van der Waals surface area contributed by atoms with E-state index in [4.69, 9.17) is 4.42 Å². The van der Waals surface area contributed by atoms with Crippen LogP contribution in [0.2, 0.25) is 0 Å². The van der Waals surface area contributed by atoms with Crippen LogP contribution in [0.3, 0.4) is 0 Å². The van der Waals surface area contributed by atoms with Gasteiger partial charge < -0.3 is 9.15 Å². The van der Waals surface area contributed by atoms with Crippen molar-refractivity contribution in [2.24, 2.45) is 7.05 Å². The number of nitrogens with zero attached hydrogens (tertiary/aromatic N) is 3. The fourth-order valence-electron chi connectivity index (χ4n) is 1.49. The van der Waals surface area contributed by atoms with Gasteiger partial charge in [0.2, 0.25) is 11.7 Å². The van der Waals surface area contributed by atoms with Crippen molar-refractivity contribution in [3.63, 3.8) is 0 Å². The van der Waals surface area contributed by atoms with Crippen molar-refractivity contribution in [2.75, 3.05) is 6.61 Å². The number of ether oxygens (including phenoxy) is 1. The predicted octanol–water partition coefficient (Wildman–Crippen LogP) is 2.27. The Morgan fingerprint density at radius 1 is 1.50 bits per heavy atom. The van der Waals surface area contributed by atoms with Gasteiger partial charge in [0.15, 0.2) is 5.69 Å². The van der Waals surface area contributed by atoms with Gasteiger partial charge >= 0.3 is 12.1 Å². The second-order valence-corrected chi connectivity index (χ2v) is 3.79. The average Bonchev–Trinajstić information content (AvgIpc) is 2.94. The second kappa shape index (κ2) is 4.99. The van der Waals surface area contributed by atoms with Gasteiger partial charge in [-0.15, -0.1) is 0 Å². The highest BCUT2D eigenvalue weighted by atomic mass is 19.4. The smallest absolute Gasteiger partial charge is 0.437 e. The summed E-state index contributed by atoms with van der Waals surface area (Å²) in [6.45, 7) is 1.40. The lowest BCUT2D eigenvalue weighted by molar-refractivity contribution is -0.141. The Balaban J connectivity index is 2.50. The third-order valence-electron chi connectivity index (χ3n) is 2.29. The Morgan fingerprint density at radius 3 is 2.70 bits per heavy atom. The molecule has 2 aromatic heterocycles. The van der Waals surface area contributed by atoms with Crippen LogP contribution in [0, 0.1) is 0 Å². The van der Waals surface area contributed by atoms with Gasteiger partial charge in [0.25, 0.3) is 0 Å². The number of aromatic nitrogens is 3. The standard InChI is InChI=1S/C11H10F3N3O3/c1-3-19-10(18)7-8(11(12,13)14)15-9(20-7)6-4-5-17(2)16-6/h4-5H,3H2,1-2H3. The van der Waals surface area contributed by atoms with Gasteiger partial charge in [-0.1, -0.05) is 0 Å². The molecule has 0 radical (unpaired) electrons. The molecule has 0 atom stereocenters. The van der Waals surface area contributed by atoms with E-state index < -0.39 is 23.6 Å². The number of halogens is 3. The lowest BCUT2D eigenvalue weighted by Gasteiger charge is -2.03. The molecule has 0 aromatic carbocycles. The van der Waals surface area contributed by atoms with Crippen molar-refractivity contribution in [3.8, 4) is 11.6 Å². The van der Waals surface area contributed by atoms with Crippen LogP contribution in [0.5, 0.6) is 0 Å². The van der Waals surface area contributed by atoms with Gasteiger partial charge in [-0.3, -0.25) is 4.68 Å². The summed E-state index contributed by atoms with van der Waals surface area (Å²) < 4.78 is 49.2. The lowest BCUT2D eigenvalue weighted by Crippen LogP contribution is -2.14. The van der Waals surface area contributed by atoms with E-state index in [0.717, 1.165) is 0 Å². The van der Waals surface area contributed by atoms with Crippen LogP contribution in [0.1, 0.15) is 23.2 Å². The first-order chi connectivity index (χ1) is 9.32. The van der Waals surface area contributed by atoms with E-state index in [0.29, 0.717) is 0 Å². The molecular weight excluding hydrogens is 279 g/mol. The molecule has 0 unspecified atom stereocenters. The molecule has 2 aromatic rings. The zero-order chi connectivity index (χ0) is 14.9. The molecule has 9 heteroatoms. The zero-order valence-corrected chi connectivity index (χ0v) is 10.6. The number of oxazole rings is 1. The van der Waals surface area contributed by atoms with Crippen molar-refractivity contribution in [2.45, 2.75) is 13.1 Å². The highest BCUT2D eigenvalue weighted by Gasteiger charge is 2.42. The summed E-state index contributed by atoms with van der Waals surface area (Å²) in [6.07, 6.45) is -3.31. The maximum Gasteiger partial charge on any atom is 0.437 e. The van der Waals surface area contributed by atoms with Gasteiger partial charge in [-0.25, -0.2) is 9.78 Å². The van der Waals surface area contributed by atoms with E-state index >= 15 is 0 Å². The Kier molecular flexibility index (Phi) is 3.51. The number of rotatable bonds is 3. The molecule has 108 valence electrons. The number of carbonyl (C=O) groups is 1. The van der Waals surface area contributed by atoms with Crippen LogP contribution in [0.25, 0.3) is 11.6 Å². The first-order valence-electron chi connectivity index (χ1n) is 5.58. The average molecular weight is 289 g/mol. The molecule has 0 saturated carbocycles. The molecule has 0 bridgehead atoms. The summed E-state index contributed by atoms with van der Waals surface area (Å²) in [4.78, 5) is 14.8. The lowest BCUT2D eigenvalue weighted by atomic mass is 10.3. The molecule has 2 rings (SSSR count). The summed E-state index contributed by atoms with van der Waals surface area (Å²) in [5.74, 6) is -2.57. The number of aryl methyl sites for hydroxylation is 1. The van der Waals surface area contributed by atoms with Crippen LogP contribution in [0.4, 0.5) is 13.2 Å². The molecule has 0 aliphatic carbocycles. The molecule has 20 heavy (non-hydrogen) atoms. The van der Waals surface area contributed by atoms with E-state index in [2.05, 4.69) is 14.8 Å². The van der Waals surface area contributed by atoms with Crippen LogP contribution >= 0.6 is 0 Å². The molecular formula is C11H10F3N3O3. The third kappa shape index (κ3) is 2.65. The normalized spacial score (nSPS) is 11.7. The molecule has 0 fully saturated rings. The van der Waals surface area contributed by atoms with E-state index in [-0.39, 0.29) is 18.2 Å². The first-order valence-corrected chi connectivity index (χ1v) is 5.58. The van der Waals surface area contributed by atoms with E-state index in [1.807, 2.05) is 0 Å². The number of esters is 1. The van der Waals surface area contributed by atoms with Crippen LogP contribution in [-0.2, 0) is 18.0 Å². The topological polar surface area (TPSA) is 70.2 Å². The highest BCUT2D eigenvalue weighted by molar-refractivity contribution is 5.88. The maximum atomic E-state index is 12.8. The molecule has 0 saturated heterocycles. The van der Waals surface area contributed by atoms with Crippen LogP contribution in [-0.4, -0.2) is 27.3 Å². The van der Waals surface area contributed by atoms with E-state index in [1.54, 1.807) is 7.05 Å². The monoisotopic (exact) mass is 289 g/mol. The minimum Gasteiger partial charge on any atom is -0.460 e. The molecule has 0 aliphatic rings. The summed E-state index contributed by atoms with van der Waals surface area (Å²) >= 11 is 0. The third-order valence-corrected chi connectivity index (χ3v) is 2.29. The summed E-state index contributed by atoms with van der Waals surface area (Å²) in [6, 6.07) is 1.42.